The Bertz CT molecular complexity index is 1090. The summed E-state index contributed by atoms with van der Waals surface area (Å²) in [5.74, 6) is -3.18. The number of nitrogens with zero attached hydrogens (tertiary/aromatic N) is 1. The summed E-state index contributed by atoms with van der Waals surface area (Å²) in [4.78, 5) is 40.0. The summed E-state index contributed by atoms with van der Waals surface area (Å²) in [6, 6.07) is 1.46. The van der Waals surface area contributed by atoms with Crippen LogP contribution in [0, 0.1) is 17.8 Å². The Morgan fingerprint density at radius 2 is 1.83 bits per heavy atom. The molecule has 0 aliphatic heterocycles. The second-order valence-corrected chi connectivity index (χ2v) is 9.05. The maximum Gasteiger partial charge on any atom is 0.416 e. The molecule has 196 valence electrons. The number of halogens is 3. The predicted octanol–water partition coefficient (Wildman–Crippen LogP) is 3.05. The summed E-state index contributed by atoms with van der Waals surface area (Å²) in [5, 5.41) is 14.6. The molecule has 0 aromatic heterocycles. The second-order valence-electron chi connectivity index (χ2n) is 9.05. The zero-order chi connectivity index (χ0) is 27.2. The number of rotatable bonds is 9. The summed E-state index contributed by atoms with van der Waals surface area (Å²) in [7, 11) is 0. The number of aliphatic carboxylic acids is 1. The van der Waals surface area contributed by atoms with Crippen LogP contribution in [0.5, 0.6) is 0 Å². The Labute approximate surface area is 206 Å². The van der Waals surface area contributed by atoms with Crippen molar-refractivity contribution in [1.29, 1.82) is 0 Å². The van der Waals surface area contributed by atoms with Gasteiger partial charge in [0.05, 0.1) is 11.3 Å². The molecule has 1 aliphatic rings. The standard InChI is InChI=1S/C24H30F3N5O4/c1-12(2)6-20(33)32-19(22(35)36)10-14-4-5-17(7-13(14)3)30-21(34)15-8-16(24(25,26)27)11-18(9-15)31-23(28)29/h4-5,7-9,11-14,19H,6,10H2,1-3H3,(H,30,34)(H,32,33)(H,35,36)(H4,28,29,31). The van der Waals surface area contributed by atoms with Crippen molar-refractivity contribution in [2.45, 2.75) is 45.8 Å². The Morgan fingerprint density at radius 3 is 2.36 bits per heavy atom. The lowest BCUT2D eigenvalue weighted by atomic mass is 9.84. The van der Waals surface area contributed by atoms with Crippen molar-refractivity contribution in [3.8, 4) is 0 Å². The number of guanidine groups is 1. The minimum Gasteiger partial charge on any atom is -0.480 e. The van der Waals surface area contributed by atoms with E-state index in [0.29, 0.717) is 11.8 Å². The third-order valence-electron chi connectivity index (χ3n) is 5.40. The summed E-state index contributed by atoms with van der Waals surface area (Å²) in [6.07, 6.45) is 0.521. The van der Waals surface area contributed by atoms with E-state index in [1.54, 1.807) is 25.2 Å². The smallest absolute Gasteiger partial charge is 0.416 e. The number of carboxylic acid groups (broad SMARTS) is 1. The van der Waals surface area contributed by atoms with Gasteiger partial charge in [-0.25, -0.2) is 9.79 Å². The molecule has 9 nitrogen and oxygen atoms in total. The Morgan fingerprint density at radius 1 is 1.17 bits per heavy atom. The van der Waals surface area contributed by atoms with Crippen LogP contribution in [0.25, 0.3) is 0 Å². The number of carboxylic acids is 1. The molecule has 2 rings (SSSR count). The average molecular weight is 510 g/mol. The zero-order valence-corrected chi connectivity index (χ0v) is 20.1. The first-order valence-electron chi connectivity index (χ1n) is 11.2. The molecule has 1 aromatic carbocycles. The lowest BCUT2D eigenvalue weighted by Crippen LogP contribution is -2.43. The van der Waals surface area contributed by atoms with E-state index >= 15 is 0 Å². The van der Waals surface area contributed by atoms with Gasteiger partial charge in [-0.3, -0.25) is 9.59 Å². The highest BCUT2D eigenvalue weighted by Crippen LogP contribution is 2.33. The number of carbonyl (C=O) groups excluding carboxylic acids is 2. The average Bonchev–Trinajstić information content (AvgIpc) is 2.73. The van der Waals surface area contributed by atoms with Gasteiger partial charge in [-0.2, -0.15) is 13.2 Å². The number of hydrogen-bond donors (Lipinski definition) is 5. The highest BCUT2D eigenvalue weighted by Gasteiger charge is 2.32. The van der Waals surface area contributed by atoms with Crippen molar-refractivity contribution in [2.75, 3.05) is 0 Å². The van der Waals surface area contributed by atoms with Crippen molar-refractivity contribution in [1.82, 2.24) is 10.6 Å². The fraction of sp³-hybridized carbons (Fsp3) is 0.417. The van der Waals surface area contributed by atoms with E-state index in [2.05, 4.69) is 15.6 Å². The molecule has 0 spiro atoms. The molecule has 1 aliphatic carbocycles. The van der Waals surface area contributed by atoms with E-state index < -0.39 is 35.6 Å². The number of carbonyl (C=O) groups is 3. The molecule has 0 radical (unpaired) electrons. The van der Waals surface area contributed by atoms with Crippen LogP contribution >= 0.6 is 0 Å². The number of hydrogen-bond acceptors (Lipinski definition) is 4. The van der Waals surface area contributed by atoms with E-state index in [4.69, 9.17) is 11.5 Å². The molecular weight excluding hydrogens is 479 g/mol. The topological polar surface area (TPSA) is 160 Å². The van der Waals surface area contributed by atoms with Crippen molar-refractivity contribution in [3.63, 3.8) is 0 Å². The highest BCUT2D eigenvalue weighted by atomic mass is 19.4. The maximum atomic E-state index is 13.3. The van der Waals surface area contributed by atoms with E-state index in [0.717, 1.165) is 12.1 Å². The van der Waals surface area contributed by atoms with Crippen molar-refractivity contribution < 1.29 is 32.7 Å². The molecule has 7 N–H and O–H groups in total. The van der Waals surface area contributed by atoms with Crippen LogP contribution < -0.4 is 22.1 Å². The largest absolute Gasteiger partial charge is 0.480 e. The molecular formula is C24H30F3N5O4. The van der Waals surface area contributed by atoms with Gasteiger partial charge in [0.2, 0.25) is 5.91 Å². The molecule has 0 bridgehead atoms. The maximum absolute atomic E-state index is 13.3. The van der Waals surface area contributed by atoms with E-state index in [1.807, 2.05) is 13.8 Å². The Kier molecular flexibility index (Phi) is 9.26. The number of aliphatic imine (C=N–C) groups is 1. The molecule has 0 fully saturated rings. The molecule has 12 heteroatoms. The van der Waals surface area contributed by atoms with Crippen molar-refractivity contribution in [3.05, 3.63) is 53.3 Å². The molecule has 0 heterocycles. The minimum absolute atomic E-state index is 0.0782. The molecule has 36 heavy (non-hydrogen) atoms. The van der Waals surface area contributed by atoms with Crippen LogP contribution in [-0.4, -0.2) is 34.9 Å². The fourth-order valence-corrected chi connectivity index (χ4v) is 3.68. The minimum atomic E-state index is -4.72. The van der Waals surface area contributed by atoms with Gasteiger partial charge in [0, 0.05) is 17.7 Å². The van der Waals surface area contributed by atoms with Gasteiger partial charge >= 0.3 is 12.1 Å². The van der Waals surface area contributed by atoms with E-state index in [1.165, 1.54) is 0 Å². The number of allylic oxidation sites excluding steroid dienone is 3. The number of nitrogens with two attached hydrogens (primary N) is 2. The lowest BCUT2D eigenvalue weighted by Gasteiger charge is -2.26. The zero-order valence-electron chi connectivity index (χ0n) is 20.1. The summed E-state index contributed by atoms with van der Waals surface area (Å²) in [5.41, 5.74) is 9.23. The van der Waals surface area contributed by atoms with E-state index in [-0.39, 0.29) is 47.8 Å². The van der Waals surface area contributed by atoms with Crippen LogP contribution in [0.4, 0.5) is 18.9 Å². The third kappa shape index (κ3) is 8.43. The molecule has 0 saturated heterocycles. The van der Waals surface area contributed by atoms with Crippen LogP contribution in [0.1, 0.15) is 49.5 Å². The SMILES string of the molecule is CC(C)CC(=O)NC(CC1C=CC(NC(=O)c2cc(N=C(N)N)cc(C(F)(F)F)c2)=CC1C)C(=O)O. The molecule has 2 amide bonds. The first-order chi connectivity index (χ1) is 16.6. The van der Waals surface area contributed by atoms with E-state index in [9.17, 15) is 32.7 Å². The summed E-state index contributed by atoms with van der Waals surface area (Å²) < 4.78 is 39.8. The van der Waals surface area contributed by atoms with Crippen molar-refractivity contribution in [2.24, 2.45) is 34.2 Å². The quantitative estimate of drug-likeness (QED) is 0.254. The normalized spacial score (nSPS) is 18.2. The van der Waals surface area contributed by atoms with Gasteiger partial charge in [0.25, 0.3) is 5.91 Å². The van der Waals surface area contributed by atoms with Gasteiger partial charge < -0.3 is 27.2 Å². The van der Waals surface area contributed by atoms with Crippen LogP contribution in [0.2, 0.25) is 0 Å². The van der Waals surface area contributed by atoms with Crippen LogP contribution in [-0.2, 0) is 15.8 Å². The predicted molar refractivity (Wildman–Crippen MR) is 128 cm³/mol. The molecule has 3 atom stereocenters. The van der Waals surface area contributed by atoms with Crippen LogP contribution in [0.15, 0.2) is 47.1 Å². The monoisotopic (exact) mass is 509 g/mol. The molecule has 3 unspecified atom stereocenters. The van der Waals surface area contributed by atoms with Crippen LogP contribution in [0.3, 0.4) is 0 Å². The summed E-state index contributed by atoms with van der Waals surface area (Å²) in [6.45, 7) is 5.50. The van der Waals surface area contributed by atoms with Gasteiger partial charge in [-0.1, -0.05) is 32.9 Å². The first kappa shape index (κ1) is 28.4. The van der Waals surface area contributed by atoms with Gasteiger partial charge in [0.15, 0.2) is 5.96 Å². The second kappa shape index (κ2) is 11.7. The molecule has 1 aromatic rings. The Balaban J connectivity index is 2.14. The lowest BCUT2D eigenvalue weighted by molar-refractivity contribution is -0.142. The summed E-state index contributed by atoms with van der Waals surface area (Å²) >= 11 is 0. The third-order valence-corrected chi connectivity index (χ3v) is 5.40. The number of amides is 2. The van der Waals surface area contributed by atoms with Crippen molar-refractivity contribution >= 4 is 29.4 Å². The molecule has 0 saturated carbocycles. The highest BCUT2D eigenvalue weighted by molar-refractivity contribution is 5.97. The van der Waals surface area contributed by atoms with Gasteiger partial charge in [0.1, 0.15) is 6.04 Å². The van der Waals surface area contributed by atoms with Gasteiger partial charge in [-0.05, 0) is 48.4 Å². The number of nitrogens with one attached hydrogen (secondary N) is 2. The van der Waals surface area contributed by atoms with Gasteiger partial charge in [-0.15, -0.1) is 0 Å². The fourth-order valence-electron chi connectivity index (χ4n) is 3.68. The number of alkyl halides is 3. The Hall–Kier alpha value is -3.83. The number of benzene rings is 1. The first-order valence-corrected chi connectivity index (χ1v) is 11.2.